The van der Waals surface area contributed by atoms with Gasteiger partial charge in [-0.05, 0) is 19.1 Å². The van der Waals surface area contributed by atoms with Crippen molar-refractivity contribution in [3.63, 3.8) is 0 Å². The Labute approximate surface area is 108 Å². The fourth-order valence-electron chi connectivity index (χ4n) is 2.07. The lowest BCUT2D eigenvalue weighted by atomic mass is 10.1. The summed E-state index contributed by atoms with van der Waals surface area (Å²) in [4.78, 5) is 11.9. The van der Waals surface area contributed by atoms with E-state index in [0.717, 1.165) is 10.9 Å². The molecule has 19 heavy (non-hydrogen) atoms. The van der Waals surface area contributed by atoms with E-state index in [1.54, 1.807) is 18.4 Å². The van der Waals surface area contributed by atoms with Gasteiger partial charge in [-0.2, -0.15) is 0 Å². The maximum absolute atomic E-state index is 11.9. The van der Waals surface area contributed by atoms with Crippen molar-refractivity contribution < 1.29 is 13.6 Å². The van der Waals surface area contributed by atoms with E-state index in [1.807, 2.05) is 19.1 Å². The van der Waals surface area contributed by atoms with Gasteiger partial charge >= 0.3 is 5.63 Å². The molecule has 0 radical (unpaired) electrons. The Morgan fingerprint density at radius 1 is 1.42 bits per heavy atom. The van der Waals surface area contributed by atoms with Crippen LogP contribution in [0.15, 0.2) is 50.7 Å². The number of hydrogen-bond acceptors (Lipinski definition) is 4. The Hall–Kier alpha value is -2.49. The second-order valence-electron chi connectivity index (χ2n) is 4.27. The van der Waals surface area contributed by atoms with Gasteiger partial charge in [-0.15, -0.1) is 0 Å². The molecule has 2 aromatic heterocycles. The number of benzene rings is 1. The molecule has 0 N–H and O–H groups in total. The summed E-state index contributed by atoms with van der Waals surface area (Å²) in [5.74, 6) is 0.623. The second-order valence-corrected chi connectivity index (χ2v) is 4.27. The largest absolute Gasteiger partial charge is 0.489 e. The standard InChI is InChI=1S/C15H12O4/c1-3-6-17-10-4-5-11-12(7-10)19-15(16)13-9(2)8-18-14(11)13/h3-5,7-8H,1,6H2,2H3. The number of fused-ring (bicyclic) bond motifs is 3. The van der Waals surface area contributed by atoms with Gasteiger partial charge < -0.3 is 13.6 Å². The Balaban J connectivity index is 2.28. The molecule has 4 heteroatoms. The number of furan rings is 1. The van der Waals surface area contributed by atoms with Gasteiger partial charge in [-0.1, -0.05) is 12.7 Å². The van der Waals surface area contributed by atoms with Gasteiger partial charge in [0.05, 0.1) is 11.6 Å². The van der Waals surface area contributed by atoms with Crippen molar-refractivity contribution in [2.75, 3.05) is 6.61 Å². The molecule has 2 heterocycles. The fourth-order valence-corrected chi connectivity index (χ4v) is 2.07. The van der Waals surface area contributed by atoms with E-state index < -0.39 is 5.63 Å². The molecule has 0 aliphatic heterocycles. The Morgan fingerprint density at radius 2 is 2.26 bits per heavy atom. The van der Waals surface area contributed by atoms with Crippen LogP contribution in [0.2, 0.25) is 0 Å². The van der Waals surface area contributed by atoms with Crippen molar-refractivity contribution in [3.8, 4) is 5.75 Å². The molecule has 0 unspecified atom stereocenters. The topological polar surface area (TPSA) is 52.6 Å². The highest BCUT2D eigenvalue weighted by Crippen LogP contribution is 2.28. The lowest BCUT2D eigenvalue weighted by Crippen LogP contribution is -1.99. The summed E-state index contributed by atoms with van der Waals surface area (Å²) >= 11 is 0. The zero-order valence-electron chi connectivity index (χ0n) is 10.4. The summed E-state index contributed by atoms with van der Waals surface area (Å²) in [6, 6.07) is 5.31. The predicted molar refractivity (Wildman–Crippen MR) is 72.7 cm³/mol. The maximum atomic E-state index is 11.9. The highest BCUT2D eigenvalue weighted by molar-refractivity contribution is 6.02. The summed E-state index contributed by atoms with van der Waals surface area (Å²) < 4.78 is 16.2. The summed E-state index contributed by atoms with van der Waals surface area (Å²) in [7, 11) is 0. The fraction of sp³-hybridized carbons (Fsp3) is 0.133. The molecule has 0 aliphatic carbocycles. The Kier molecular flexibility index (Phi) is 2.63. The van der Waals surface area contributed by atoms with Gasteiger partial charge in [-0.3, -0.25) is 0 Å². The molecule has 1 aromatic carbocycles. The van der Waals surface area contributed by atoms with Gasteiger partial charge in [0.25, 0.3) is 0 Å². The lowest BCUT2D eigenvalue weighted by molar-refractivity contribution is 0.363. The predicted octanol–water partition coefficient (Wildman–Crippen LogP) is 3.41. The molecular weight excluding hydrogens is 244 g/mol. The summed E-state index contributed by atoms with van der Waals surface area (Å²) in [5.41, 5.74) is 1.39. The SMILES string of the molecule is C=CCOc1ccc2c(c1)oc(=O)c1c(C)coc12. The zero-order valence-corrected chi connectivity index (χ0v) is 10.4. The van der Waals surface area contributed by atoms with E-state index in [-0.39, 0.29) is 0 Å². The van der Waals surface area contributed by atoms with Crippen LogP contribution in [0.4, 0.5) is 0 Å². The highest BCUT2D eigenvalue weighted by atomic mass is 16.5. The summed E-state index contributed by atoms with van der Waals surface area (Å²) in [6.45, 7) is 5.80. The highest BCUT2D eigenvalue weighted by Gasteiger charge is 2.13. The smallest absolute Gasteiger partial charge is 0.347 e. The minimum Gasteiger partial charge on any atom is -0.489 e. The average molecular weight is 256 g/mol. The van der Waals surface area contributed by atoms with Crippen LogP contribution in [-0.4, -0.2) is 6.61 Å². The first-order valence-electron chi connectivity index (χ1n) is 5.89. The molecule has 3 aromatic rings. The molecule has 0 fully saturated rings. The van der Waals surface area contributed by atoms with Crippen LogP contribution in [0.1, 0.15) is 5.56 Å². The third-order valence-electron chi connectivity index (χ3n) is 2.95. The van der Waals surface area contributed by atoms with E-state index in [9.17, 15) is 4.79 Å². The summed E-state index contributed by atoms with van der Waals surface area (Å²) in [5, 5.41) is 1.25. The molecule has 4 nitrogen and oxygen atoms in total. The quantitative estimate of drug-likeness (QED) is 0.532. The van der Waals surface area contributed by atoms with Crippen LogP contribution in [-0.2, 0) is 0 Å². The Morgan fingerprint density at radius 3 is 3.05 bits per heavy atom. The maximum Gasteiger partial charge on any atom is 0.347 e. The number of ether oxygens (including phenoxy) is 1. The molecule has 0 atom stereocenters. The van der Waals surface area contributed by atoms with Crippen molar-refractivity contribution in [1.29, 1.82) is 0 Å². The lowest BCUT2D eigenvalue weighted by Gasteiger charge is -2.04. The van der Waals surface area contributed by atoms with Gasteiger partial charge in [0.15, 0.2) is 5.58 Å². The molecule has 0 bridgehead atoms. The molecule has 0 aliphatic rings. The molecule has 3 rings (SSSR count). The molecular formula is C15H12O4. The van der Waals surface area contributed by atoms with E-state index >= 15 is 0 Å². The average Bonchev–Trinajstić information content (AvgIpc) is 2.79. The number of hydrogen-bond donors (Lipinski definition) is 0. The van der Waals surface area contributed by atoms with Gasteiger partial charge in [0.1, 0.15) is 23.3 Å². The van der Waals surface area contributed by atoms with Crippen LogP contribution < -0.4 is 10.4 Å². The van der Waals surface area contributed by atoms with E-state index in [2.05, 4.69) is 6.58 Å². The van der Waals surface area contributed by atoms with Crippen molar-refractivity contribution in [2.24, 2.45) is 0 Å². The first-order valence-corrected chi connectivity index (χ1v) is 5.89. The van der Waals surface area contributed by atoms with Gasteiger partial charge in [-0.25, -0.2) is 4.79 Å². The Bertz CT molecular complexity index is 823. The third kappa shape index (κ3) is 1.81. The molecule has 0 spiro atoms. The molecule has 0 saturated carbocycles. The van der Waals surface area contributed by atoms with Crippen molar-refractivity contribution in [3.05, 3.63) is 53.1 Å². The monoisotopic (exact) mass is 256 g/mol. The van der Waals surface area contributed by atoms with Crippen molar-refractivity contribution in [2.45, 2.75) is 6.92 Å². The number of rotatable bonds is 3. The van der Waals surface area contributed by atoms with Crippen molar-refractivity contribution >= 4 is 21.9 Å². The molecule has 96 valence electrons. The molecule has 0 saturated heterocycles. The van der Waals surface area contributed by atoms with Crippen LogP contribution in [0, 0.1) is 6.92 Å². The minimum atomic E-state index is -0.394. The first-order chi connectivity index (χ1) is 9.20. The normalized spacial score (nSPS) is 11.0. The van der Waals surface area contributed by atoms with Crippen molar-refractivity contribution in [1.82, 2.24) is 0 Å². The van der Waals surface area contributed by atoms with E-state index in [1.165, 1.54) is 0 Å². The van der Waals surface area contributed by atoms with Gasteiger partial charge in [0, 0.05) is 11.6 Å². The van der Waals surface area contributed by atoms with Gasteiger partial charge in [0.2, 0.25) is 0 Å². The van der Waals surface area contributed by atoms with Crippen LogP contribution in [0.5, 0.6) is 5.75 Å². The first kappa shape index (κ1) is 11.6. The van der Waals surface area contributed by atoms with E-state index in [0.29, 0.717) is 28.9 Å². The van der Waals surface area contributed by atoms with Crippen LogP contribution in [0.25, 0.3) is 21.9 Å². The minimum absolute atomic E-state index is 0.394. The second kappa shape index (κ2) is 4.31. The van der Waals surface area contributed by atoms with Crippen LogP contribution >= 0.6 is 0 Å². The summed E-state index contributed by atoms with van der Waals surface area (Å²) in [6.07, 6.45) is 3.21. The van der Waals surface area contributed by atoms with Crippen LogP contribution in [0.3, 0.4) is 0 Å². The number of aryl methyl sites for hydroxylation is 1. The molecule has 0 amide bonds. The zero-order chi connectivity index (χ0) is 13.4. The third-order valence-corrected chi connectivity index (χ3v) is 2.95. The van der Waals surface area contributed by atoms with E-state index in [4.69, 9.17) is 13.6 Å².